The third kappa shape index (κ3) is 2.68. The Kier molecular flexibility index (Phi) is 3.78. The molecular weight excluding hydrogens is 342 g/mol. The number of hydrogen-bond acceptors (Lipinski definition) is 5. The third-order valence-corrected chi connectivity index (χ3v) is 6.27. The molecular formula is C19H25N7O. The molecule has 0 aliphatic heterocycles. The van der Waals surface area contributed by atoms with Gasteiger partial charge in [-0.2, -0.15) is 10.2 Å². The third-order valence-electron chi connectivity index (χ3n) is 6.27. The van der Waals surface area contributed by atoms with E-state index in [2.05, 4.69) is 36.3 Å². The van der Waals surface area contributed by atoms with Gasteiger partial charge in [0.25, 0.3) is 5.91 Å². The van der Waals surface area contributed by atoms with E-state index in [1.54, 1.807) is 15.4 Å². The number of fused-ring (bicyclic) bond motifs is 1. The number of primary amides is 1. The van der Waals surface area contributed by atoms with Crippen molar-refractivity contribution in [2.45, 2.75) is 45.2 Å². The van der Waals surface area contributed by atoms with Crippen molar-refractivity contribution in [1.82, 2.24) is 19.4 Å². The molecule has 1 aliphatic carbocycles. The zero-order valence-electron chi connectivity index (χ0n) is 15.8. The smallest absolute Gasteiger partial charge is 0.252 e. The molecule has 0 radical (unpaired) electrons. The van der Waals surface area contributed by atoms with Crippen LogP contribution in [0.5, 0.6) is 0 Å². The predicted octanol–water partition coefficient (Wildman–Crippen LogP) is 1.94. The van der Waals surface area contributed by atoms with Gasteiger partial charge in [-0.1, -0.05) is 13.8 Å². The molecule has 0 spiro atoms. The van der Waals surface area contributed by atoms with Crippen LogP contribution in [-0.2, 0) is 0 Å². The molecule has 8 nitrogen and oxygen atoms in total. The number of aromatic nitrogens is 4. The first-order valence-corrected chi connectivity index (χ1v) is 9.07. The zero-order chi connectivity index (χ0) is 19.4. The van der Waals surface area contributed by atoms with Gasteiger partial charge in [-0.3, -0.25) is 4.79 Å². The van der Waals surface area contributed by atoms with Crippen LogP contribution >= 0.6 is 0 Å². The summed E-state index contributed by atoms with van der Waals surface area (Å²) in [5.74, 6) is -0.513. The molecule has 3 heterocycles. The second-order valence-corrected chi connectivity index (χ2v) is 8.15. The van der Waals surface area contributed by atoms with Gasteiger partial charge >= 0.3 is 0 Å². The summed E-state index contributed by atoms with van der Waals surface area (Å²) in [6, 6.07) is 3.91. The van der Waals surface area contributed by atoms with Crippen molar-refractivity contribution in [2.24, 2.45) is 16.9 Å². The molecule has 1 amide bonds. The number of anilines is 1. The van der Waals surface area contributed by atoms with Gasteiger partial charge in [-0.05, 0) is 31.9 Å². The highest BCUT2D eigenvalue weighted by Gasteiger charge is 2.49. The lowest BCUT2D eigenvalue weighted by atomic mass is 9.75. The lowest BCUT2D eigenvalue weighted by Gasteiger charge is -2.39. The number of nitrogens with zero attached hydrogens (tertiary/aromatic N) is 4. The molecule has 4 rings (SSSR count). The normalized spacial score (nSPS) is 24.4. The summed E-state index contributed by atoms with van der Waals surface area (Å²) >= 11 is 0. The van der Waals surface area contributed by atoms with Crippen LogP contribution in [0.3, 0.4) is 0 Å². The van der Waals surface area contributed by atoms with Gasteiger partial charge in [-0.15, -0.1) is 0 Å². The van der Waals surface area contributed by atoms with Crippen LogP contribution in [0.15, 0.2) is 36.9 Å². The highest BCUT2D eigenvalue weighted by atomic mass is 16.1. The van der Waals surface area contributed by atoms with Gasteiger partial charge < -0.3 is 16.8 Å². The summed E-state index contributed by atoms with van der Waals surface area (Å²) < 4.78 is 3.48. The summed E-state index contributed by atoms with van der Waals surface area (Å²) in [7, 11) is 0. The van der Waals surface area contributed by atoms with Crippen LogP contribution in [0.2, 0.25) is 0 Å². The largest absolute Gasteiger partial charge is 0.379 e. The number of nitrogens with two attached hydrogens (primary N) is 2. The highest BCUT2D eigenvalue weighted by molar-refractivity contribution is 6.02. The summed E-state index contributed by atoms with van der Waals surface area (Å²) in [5, 5.41) is 12.2. The van der Waals surface area contributed by atoms with E-state index in [4.69, 9.17) is 11.5 Å². The maximum absolute atomic E-state index is 12.1. The van der Waals surface area contributed by atoms with Gasteiger partial charge in [0, 0.05) is 29.4 Å². The molecule has 1 aliphatic rings. The van der Waals surface area contributed by atoms with Crippen molar-refractivity contribution >= 4 is 17.1 Å². The standard InChI is InChI=1S/C19H25N7O/c1-18(2)15(5-6-19(18,3)21)24-16-13(17(20)27)10-23-26-11-12(9-14(16)26)25-8-4-7-22-25/h4,7-11,15,24H,5-6,21H2,1-3H3,(H2,20,27)/t15-,19+/m1/s1. The van der Waals surface area contributed by atoms with E-state index in [1.807, 2.05) is 24.5 Å². The van der Waals surface area contributed by atoms with Crippen LogP contribution in [0, 0.1) is 5.41 Å². The highest BCUT2D eigenvalue weighted by Crippen LogP contribution is 2.46. The minimum atomic E-state index is -0.513. The lowest BCUT2D eigenvalue weighted by Crippen LogP contribution is -2.51. The number of carbonyl (C=O) groups is 1. The average Bonchev–Trinajstić information content (AvgIpc) is 3.29. The Balaban J connectivity index is 1.82. The SMILES string of the molecule is CC1(C)[C@H](Nc2c(C(N)=O)cnn3cc(-n4cccn4)cc23)CC[C@]1(C)N. The van der Waals surface area contributed by atoms with Crippen molar-refractivity contribution in [2.75, 3.05) is 5.32 Å². The van der Waals surface area contributed by atoms with E-state index < -0.39 is 5.91 Å². The Morgan fingerprint density at radius 3 is 2.70 bits per heavy atom. The topological polar surface area (TPSA) is 116 Å². The Morgan fingerprint density at radius 2 is 2.11 bits per heavy atom. The minimum absolute atomic E-state index is 0.111. The van der Waals surface area contributed by atoms with Crippen molar-refractivity contribution in [3.05, 3.63) is 42.5 Å². The number of carbonyl (C=O) groups excluding carboxylic acids is 1. The second kappa shape index (κ2) is 5.82. The van der Waals surface area contributed by atoms with E-state index in [0.29, 0.717) is 11.3 Å². The average molecular weight is 367 g/mol. The summed E-state index contributed by atoms with van der Waals surface area (Å²) in [5.41, 5.74) is 14.4. The molecule has 3 aromatic rings. The Labute approximate surface area is 157 Å². The molecule has 0 unspecified atom stereocenters. The fourth-order valence-corrected chi connectivity index (χ4v) is 3.88. The van der Waals surface area contributed by atoms with Gasteiger partial charge in [0.1, 0.15) is 0 Å². The predicted molar refractivity (Wildman–Crippen MR) is 104 cm³/mol. The first-order valence-electron chi connectivity index (χ1n) is 9.07. The molecule has 27 heavy (non-hydrogen) atoms. The minimum Gasteiger partial charge on any atom is -0.379 e. The monoisotopic (exact) mass is 367 g/mol. The van der Waals surface area contributed by atoms with Crippen molar-refractivity contribution in [3.63, 3.8) is 0 Å². The number of amides is 1. The molecule has 1 saturated carbocycles. The summed E-state index contributed by atoms with van der Waals surface area (Å²) in [6.45, 7) is 6.40. The van der Waals surface area contributed by atoms with Gasteiger partial charge in [0.05, 0.1) is 34.8 Å². The lowest BCUT2D eigenvalue weighted by molar-refractivity contribution is 0.100. The molecule has 2 atom stereocenters. The van der Waals surface area contributed by atoms with Crippen LogP contribution in [0.25, 0.3) is 11.2 Å². The summed E-state index contributed by atoms with van der Waals surface area (Å²) in [4.78, 5) is 12.1. The molecule has 3 aromatic heterocycles. The Morgan fingerprint density at radius 1 is 1.33 bits per heavy atom. The maximum Gasteiger partial charge on any atom is 0.252 e. The fraction of sp³-hybridized carbons (Fsp3) is 0.421. The van der Waals surface area contributed by atoms with Gasteiger partial charge in [0.2, 0.25) is 0 Å². The van der Waals surface area contributed by atoms with Crippen molar-refractivity contribution < 1.29 is 4.79 Å². The van der Waals surface area contributed by atoms with E-state index in [9.17, 15) is 4.79 Å². The van der Waals surface area contributed by atoms with Gasteiger partial charge in [0.15, 0.2) is 0 Å². The van der Waals surface area contributed by atoms with E-state index in [0.717, 1.165) is 24.0 Å². The number of rotatable bonds is 4. The van der Waals surface area contributed by atoms with E-state index >= 15 is 0 Å². The van der Waals surface area contributed by atoms with E-state index in [1.165, 1.54) is 6.20 Å². The summed E-state index contributed by atoms with van der Waals surface area (Å²) in [6.07, 6.45) is 8.77. The number of hydrogen-bond donors (Lipinski definition) is 3. The molecule has 0 bridgehead atoms. The quantitative estimate of drug-likeness (QED) is 0.651. The van der Waals surface area contributed by atoms with E-state index in [-0.39, 0.29) is 17.0 Å². The molecule has 5 N–H and O–H groups in total. The molecule has 0 saturated heterocycles. The van der Waals surface area contributed by atoms with Crippen LogP contribution in [0.4, 0.5) is 5.69 Å². The van der Waals surface area contributed by atoms with Crippen LogP contribution in [-0.4, -0.2) is 36.9 Å². The zero-order valence-corrected chi connectivity index (χ0v) is 15.8. The molecule has 8 heteroatoms. The number of nitrogens with one attached hydrogen (secondary N) is 1. The van der Waals surface area contributed by atoms with Crippen LogP contribution < -0.4 is 16.8 Å². The molecule has 0 aromatic carbocycles. The second-order valence-electron chi connectivity index (χ2n) is 8.15. The van der Waals surface area contributed by atoms with Crippen molar-refractivity contribution in [1.29, 1.82) is 0 Å². The fourth-order valence-electron chi connectivity index (χ4n) is 3.88. The molecule has 1 fully saturated rings. The molecule has 142 valence electrons. The Hall–Kier alpha value is -2.87. The van der Waals surface area contributed by atoms with Crippen LogP contribution in [0.1, 0.15) is 44.0 Å². The maximum atomic E-state index is 12.1. The van der Waals surface area contributed by atoms with Gasteiger partial charge in [-0.25, -0.2) is 9.20 Å². The first-order chi connectivity index (χ1) is 12.7. The first kappa shape index (κ1) is 17.5. The van der Waals surface area contributed by atoms with Crippen molar-refractivity contribution in [3.8, 4) is 5.69 Å². The Bertz CT molecular complexity index is 1000.